The third kappa shape index (κ3) is 5.72. The molecule has 1 saturated heterocycles. The summed E-state index contributed by atoms with van der Waals surface area (Å²) in [7, 11) is 1.68. The molecule has 1 aromatic carbocycles. The molecule has 2 rings (SSSR count). The molecule has 0 bridgehead atoms. The number of halogens is 3. The number of quaternary nitrogens is 1. The van der Waals surface area contributed by atoms with Crippen molar-refractivity contribution in [2.75, 3.05) is 38.5 Å². The van der Waals surface area contributed by atoms with Crippen LogP contribution in [0.2, 0.25) is 0 Å². The van der Waals surface area contributed by atoms with E-state index in [4.69, 9.17) is 0 Å². The van der Waals surface area contributed by atoms with Crippen molar-refractivity contribution < 1.29 is 27.7 Å². The molecule has 0 radical (unpaired) electrons. The summed E-state index contributed by atoms with van der Waals surface area (Å²) in [6, 6.07) is 1.71. The van der Waals surface area contributed by atoms with E-state index in [1.54, 1.807) is 7.05 Å². The molecule has 1 aromatic rings. The molecule has 1 atom stereocenters. The fourth-order valence-electron chi connectivity index (χ4n) is 3.02. The first-order valence-electron chi connectivity index (χ1n) is 8.91. The van der Waals surface area contributed by atoms with Crippen molar-refractivity contribution in [3.63, 3.8) is 0 Å². The Kier molecular flexibility index (Phi) is 7.44. The number of rotatable bonds is 5. The highest BCUT2D eigenvalue weighted by molar-refractivity contribution is 5.91. The lowest BCUT2D eigenvalue weighted by Crippen LogP contribution is -3.11. The number of nitrogens with one attached hydrogen (secondary N) is 2. The first kappa shape index (κ1) is 20.2. The average molecular weight is 372 g/mol. The number of hydrogen-bond donors (Lipinski definition) is 2. The molecule has 0 aromatic heterocycles. The molecule has 2 amide bonds. The van der Waals surface area contributed by atoms with E-state index >= 15 is 0 Å². The quantitative estimate of drug-likeness (QED) is 0.767. The van der Waals surface area contributed by atoms with Gasteiger partial charge in [0.25, 0.3) is 11.8 Å². The maximum Gasteiger partial charge on any atom is 0.279 e. The lowest BCUT2D eigenvalue weighted by atomic mass is 10.1. The summed E-state index contributed by atoms with van der Waals surface area (Å²) >= 11 is 0. The van der Waals surface area contributed by atoms with Crippen LogP contribution in [0.25, 0.3) is 0 Å². The van der Waals surface area contributed by atoms with E-state index in [1.165, 1.54) is 6.42 Å². The van der Waals surface area contributed by atoms with Crippen molar-refractivity contribution in [1.82, 2.24) is 4.90 Å². The smallest absolute Gasteiger partial charge is 0.279 e. The standard InChI is InChI=1S/C18H24F3N3O2/c1-23(12-16(26)24-9-5-3-2-4-6-10-24)11-15(25)22-14-8-7-13(19)17(20)18(14)21/h7-8H,2-6,9-12H2,1H3,(H,22,25)/p+1. The molecule has 0 aliphatic carbocycles. The van der Waals surface area contributed by atoms with Gasteiger partial charge in [0.1, 0.15) is 0 Å². The highest BCUT2D eigenvalue weighted by atomic mass is 19.2. The Labute approximate surface area is 151 Å². The van der Waals surface area contributed by atoms with E-state index in [-0.39, 0.29) is 19.0 Å². The zero-order valence-corrected chi connectivity index (χ0v) is 14.9. The number of nitrogens with zero attached hydrogens (tertiary/aromatic N) is 1. The lowest BCUT2D eigenvalue weighted by Gasteiger charge is -2.25. The summed E-state index contributed by atoms with van der Waals surface area (Å²) in [4.78, 5) is 26.8. The molecule has 1 unspecified atom stereocenters. The Morgan fingerprint density at radius 3 is 2.27 bits per heavy atom. The van der Waals surface area contributed by atoms with Gasteiger partial charge in [0.05, 0.1) is 12.7 Å². The third-order valence-corrected chi connectivity index (χ3v) is 4.43. The fraction of sp³-hybridized carbons (Fsp3) is 0.556. The van der Waals surface area contributed by atoms with Gasteiger partial charge in [0.15, 0.2) is 30.5 Å². The van der Waals surface area contributed by atoms with Gasteiger partial charge in [-0.1, -0.05) is 19.3 Å². The van der Waals surface area contributed by atoms with E-state index in [0.29, 0.717) is 4.90 Å². The molecule has 8 heteroatoms. The van der Waals surface area contributed by atoms with Crippen LogP contribution < -0.4 is 10.2 Å². The molecule has 1 aliphatic heterocycles. The molecule has 1 aliphatic rings. The fourth-order valence-corrected chi connectivity index (χ4v) is 3.02. The minimum atomic E-state index is -1.63. The molecular formula is C18H25F3N3O2+. The number of likely N-dealkylation sites (N-methyl/N-ethyl adjacent to an activating group) is 1. The normalized spacial score (nSPS) is 16.5. The number of benzene rings is 1. The number of likely N-dealkylation sites (tertiary alicyclic amines) is 1. The second-order valence-corrected chi connectivity index (χ2v) is 6.73. The summed E-state index contributed by atoms with van der Waals surface area (Å²) in [5.41, 5.74) is -0.420. The van der Waals surface area contributed by atoms with Crippen LogP contribution in [0.5, 0.6) is 0 Å². The molecule has 1 heterocycles. The summed E-state index contributed by atoms with van der Waals surface area (Å²) < 4.78 is 39.7. The highest BCUT2D eigenvalue weighted by Crippen LogP contribution is 2.19. The van der Waals surface area contributed by atoms with Crippen LogP contribution in [0.4, 0.5) is 18.9 Å². The summed E-state index contributed by atoms with van der Waals surface area (Å²) in [5.74, 6) is -4.98. The van der Waals surface area contributed by atoms with Crippen LogP contribution in [0.1, 0.15) is 32.1 Å². The summed E-state index contributed by atoms with van der Waals surface area (Å²) in [6.07, 6.45) is 5.42. The summed E-state index contributed by atoms with van der Waals surface area (Å²) in [6.45, 7) is 1.53. The van der Waals surface area contributed by atoms with Crippen LogP contribution in [-0.2, 0) is 9.59 Å². The Hall–Kier alpha value is -2.09. The van der Waals surface area contributed by atoms with E-state index in [2.05, 4.69) is 5.32 Å². The number of carbonyl (C=O) groups is 2. The highest BCUT2D eigenvalue weighted by Gasteiger charge is 2.21. The van der Waals surface area contributed by atoms with Crippen LogP contribution in [0.3, 0.4) is 0 Å². The van der Waals surface area contributed by atoms with Crippen LogP contribution in [-0.4, -0.2) is 49.9 Å². The van der Waals surface area contributed by atoms with Gasteiger partial charge in [0, 0.05) is 13.1 Å². The Morgan fingerprint density at radius 2 is 1.62 bits per heavy atom. The van der Waals surface area contributed by atoms with Gasteiger partial charge < -0.3 is 15.1 Å². The van der Waals surface area contributed by atoms with Gasteiger partial charge in [0.2, 0.25) is 0 Å². The van der Waals surface area contributed by atoms with Gasteiger partial charge in [-0.15, -0.1) is 0 Å². The van der Waals surface area contributed by atoms with Gasteiger partial charge in [-0.3, -0.25) is 9.59 Å². The van der Waals surface area contributed by atoms with Crippen molar-refractivity contribution >= 4 is 17.5 Å². The maximum atomic E-state index is 13.6. The minimum Gasteiger partial charge on any atom is -0.338 e. The molecular weight excluding hydrogens is 347 g/mol. The molecule has 0 spiro atoms. The number of anilines is 1. The van der Waals surface area contributed by atoms with Crippen molar-refractivity contribution in [2.45, 2.75) is 32.1 Å². The third-order valence-electron chi connectivity index (χ3n) is 4.43. The maximum absolute atomic E-state index is 13.6. The first-order chi connectivity index (χ1) is 12.4. The van der Waals surface area contributed by atoms with Gasteiger partial charge in [-0.05, 0) is 25.0 Å². The largest absolute Gasteiger partial charge is 0.338 e. The average Bonchev–Trinajstić information content (AvgIpc) is 2.54. The van der Waals surface area contributed by atoms with Gasteiger partial charge in [-0.2, -0.15) is 0 Å². The van der Waals surface area contributed by atoms with Crippen LogP contribution in [0.15, 0.2) is 12.1 Å². The zero-order valence-electron chi connectivity index (χ0n) is 14.9. The van der Waals surface area contributed by atoms with E-state index in [9.17, 15) is 22.8 Å². The lowest BCUT2D eigenvalue weighted by molar-refractivity contribution is -0.862. The second-order valence-electron chi connectivity index (χ2n) is 6.73. The monoisotopic (exact) mass is 372 g/mol. The molecule has 0 saturated carbocycles. The minimum absolute atomic E-state index is 0.0174. The van der Waals surface area contributed by atoms with Gasteiger partial charge >= 0.3 is 0 Å². The van der Waals surface area contributed by atoms with Gasteiger partial charge in [-0.25, -0.2) is 13.2 Å². The van der Waals surface area contributed by atoms with E-state index in [1.807, 2.05) is 4.90 Å². The molecule has 144 valence electrons. The first-order valence-corrected chi connectivity index (χ1v) is 8.91. The summed E-state index contributed by atoms with van der Waals surface area (Å²) in [5, 5.41) is 2.21. The van der Waals surface area contributed by atoms with Crippen molar-refractivity contribution in [2.24, 2.45) is 0 Å². The molecule has 1 fully saturated rings. The predicted octanol–water partition coefficient (Wildman–Crippen LogP) is 1.35. The molecule has 2 N–H and O–H groups in total. The van der Waals surface area contributed by atoms with Crippen LogP contribution >= 0.6 is 0 Å². The Balaban J connectivity index is 1.84. The zero-order chi connectivity index (χ0) is 19.1. The predicted molar refractivity (Wildman–Crippen MR) is 91.2 cm³/mol. The SMILES string of the molecule is C[NH+](CC(=O)Nc1ccc(F)c(F)c1F)CC(=O)N1CCCCCCC1. The van der Waals surface area contributed by atoms with E-state index in [0.717, 1.165) is 50.9 Å². The Bertz CT molecular complexity index is 647. The van der Waals surface area contributed by atoms with E-state index < -0.39 is 29.0 Å². The number of hydrogen-bond acceptors (Lipinski definition) is 2. The topological polar surface area (TPSA) is 53.9 Å². The van der Waals surface area contributed by atoms with Crippen molar-refractivity contribution in [3.05, 3.63) is 29.6 Å². The number of amides is 2. The Morgan fingerprint density at radius 1 is 1.00 bits per heavy atom. The number of carbonyl (C=O) groups excluding carboxylic acids is 2. The van der Waals surface area contributed by atoms with Crippen molar-refractivity contribution in [3.8, 4) is 0 Å². The van der Waals surface area contributed by atoms with Crippen molar-refractivity contribution in [1.29, 1.82) is 0 Å². The second kappa shape index (κ2) is 9.56. The van der Waals surface area contributed by atoms with Crippen LogP contribution in [0, 0.1) is 17.5 Å². The molecule has 5 nitrogen and oxygen atoms in total. The molecule has 26 heavy (non-hydrogen) atoms.